The molecule has 20 heavy (non-hydrogen) atoms. The van der Waals surface area contributed by atoms with Gasteiger partial charge in [-0.2, -0.15) is 0 Å². The Morgan fingerprint density at radius 2 is 2.10 bits per heavy atom. The number of benzene rings is 1. The number of rotatable bonds is 3. The molecule has 2 heterocycles. The van der Waals surface area contributed by atoms with E-state index in [2.05, 4.69) is 30.2 Å². The molecule has 1 aromatic carbocycles. The van der Waals surface area contributed by atoms with Crippen LogP contribution < -0.4 is 0 Å². The molecular weight excluding hydrogens is 271 g/mol. The molecule has 1 N–H and O–H groups in total. The van der Waals surface area contributed by atoms with Crippen molar-refractivity contribution in [3.8, 4) is 0 Å². The summed E-state index contributed by atoms with van der Waals surface area (Å²) in [7, 11) is 0. The van der Waals surface area contributed by atoms with Crippen LogP contribution in [-0.2, 0) is 6.54 Å². The van der Waals surface area contributed by atoms with Crippen LogP contribution in [0.4, 0.5) is 4.39 Å². The van der Waals surface area contributed by atoms with Crippen LogP contribution in [0.1, 0.15) is 35.9 Å². The van der Waals surface area contributed by atoms with E-state index in [0.717, 1.165) is 11.1 Å². The van der Waals surface area contributed by atoms with E-state index in [1.165, 1.54) is 17.0 Å². The largest absolute Gasteiger partial charge is 0.344 e. The predicted molar refractivity (Wildman–Crippen MR) is 80.7 cm³/mol. The predicted octanol–water partition coefficient (Wildman–Crippen LogP) is 4.43. The van der Waals surface area contributed by atoms with Crippen molar-refractivity contribution in [2.24, 2.45) is 5.92 Å². The van der Waals surface area contributed by atoms with Gasteiger partial charge in [-0.1, -0.05) is 26.0 Å². The highest BCUT2D eigenvalue weighted by molar-refractivity contribution is 7.10. The van der Waals surface area contributed by atoms with Crippen molar-refractivity contribution in [1.82, 2.24) is 4.90 Å². The fraction of sp³-hybridized carbons (Fsp3) is 0.312. The lowest BCUT2D eigenvalue weighted by atomic mass is 10.0. The van der Waals surface area contributed by atoms with Gasteiger partial charge in [0.15, 0.2) is 0 Å². The zero-order valence-electron chi connectivity index (χ0n) is 11.6. The first-order chi connectivity index (χ1) is 9.58. The molecule has 4 heteroatoms. The Hall–Kier alpha value is -1.68. The summed E-state index contributed by atoms with van der Waals surface area (Å²) in [4.78, 5) is 3.35. The van der Waals surface area contributed by atoms with Gasteiger partial charge in [-0.3, -0.25) is 5.41 Å². The average Bonchev–Trinajstić information content (AvgIpc) is 3.01. The second kappa shape index (κ2) is 5.02. The van der Waals surface area contributed by atoms with E-state index in [9.17, 15) is 4.39 Å². The van der Waals surface area contributed by atoms with Gasteiger partial charge in [0.2, 0.25) is 0 Å². The summed E-state index contributed by atoms with van der Waals surface area (Å²) in [5, 5.41) is 10.4. The summed E-state index contributed by atoms with van der Waals surface area (Å²) in [6.45, 7) is 5.03. The Labute approximate surface area is 122 Å². The zero-order valence-corrected chi connectivity index (χ0v) is 12.4. The molecule has 0 aliphatic carbocycles. The third kappa shape index (κ3) is 2.14. The highest BCUT2D eigenvalue weighted by Gasteiger charge is 2.33. The number of hydrogen-bond acceptors (Lipinski definition) is 2. The lowest BCUT2D eigenvalue weighted by Crippen LogP contribution is -2.31. The summed E-state index contributed by atoms with van der Waals surface area (Å²) in [6.07, 6.45) is 0. The first kappa shape index (κ1) is 13.3. The smallest absolute Gasteiger partial charge is 0.129 e. The van der Waals surface area contributed by atoms with Gasteiger partial charge < -0.3 is 4.90 Å². The number of halogens is 1. The van der Waals surface area contributed by atoms with Crippen molar-refractivity contribution in [3.63, 3.8) is 0 Å². The number of nitrogens with zero attached hydrogens (tertiary/aromatic N) is 1. The third-order valence-corrected chi connectivity index (χ3v) is 4.70. The minimum atomic E-state index is -0.271. The molecule has 0 saturated carbocycles. The van der Waals surface area contributed by atoms with Gasteiger partial charge in [0.25, 0.3) is 0 Å². The molecule has 104 valence electrons. The van der Waals surface area contributed by atoms with E-state index in [1.54, 1.807) is 17.4 Å². The van der Waals surface area contributed by atoms with Gasteiger partial charge in [-0.25, -0.2) is 4.39 Å². The van der Waals surface area contributed by atoms with Crippen molar-refractivity contribution >= 4 is 17.2 Å². The normalized spacial score (nSPS) is 15.8. The van der Waals surface area contributed by atoms with Crippen LogP contribution >= 0.6 is 11.3 Å². The molecule has 2 aromatic rings. The van der Waals surface area contributed by atoms with Gasteiger partial charge in [0.1, 0.15) is 11.7 Å². The third-order valence-electron chi connectivity index (χ3n) is 3.76. The Kier molecular flexibility index (Phi) is 3.34. The van der Waals surface area contributed by atoms with E-state index < -0.39 is 0 Å². The van der Waals surface area contributed by atoms with Crippen molar-refractivity contribution in [1.29, 1.82) is 5.41 Å². The summed E-state index contributed by atoms with van der Waals surface area (Å²) >= 11 is 1.72. The van der Waals surface area contributed by atoms with Gasteiger partial charge in [0, 0.05) is 17.0 Å². The molecule has 1 aliphatic rings. The fourth-order valence-electron chi connectivity index (χ4n) is 2.86. The zero-order chi connectivity index (χ0) is 14.3. The van der Waals surface area contributed by atoms with Crippen LogP contribution in [0.25, 0.3) is 0 Å². The highest BCUT2D eigenvalue weighted by atomic mass is 32.1. The maximum atomic E-state index is 13.4. The van der Waals surface area contributed by atoms with Crippen molar-refractivity contribution < 1.29 is 4.39 Å². The molecule has 0 saturated heterocycles. The van der Waals surface area contributed by atoms with Crippen LogP contribution in [0.2, 0.25) is 0 Å². The molecule has 1 atom stereocenters. The Morgan fingerprint density at radius 1 is 1.30 bits per heavy atom. The number of fused-ring (bicyclic) bond motifs is 1. The van der Waals surface area contributed by atoms with Crippen LogP contribution in [0.5, 0.6) is 0 Å². The minimum Gasteiger partial charge on any atom is -0.344 e. The second-order valence-electron chi connectivity index (χ2n) is 5.48. The molecule has 0 radical (unpaired) electrons. The maximum Gasteiger partial charge on any atom is 0.129 e. The minimum absolute atomic E-state index is 0.179. The molecule has 0 spiro atoms. The molecule has 1 unspecified atom stereocenters. The molecule has 1 aromatic heterocycles. The topological polar surface area (TPSA) is 27.1 Å². The number of thiophene rings is 1. The summed E-state index contributed by atoms with van der Waals surface area (Å²) < 4.78 is 13.4. The average molecular weight is 288 g/mol. The summed E-state index contributed by atoms with van der Waals surface area (Å²) in [5.74, 6) is 0.562. The Balaban J connectivity index is 1.98. The van der Waals surface area contributed by atoms with Crippen LogP contribution in [0, 0.1) is 17.1 Å². The molecule has 1 aliphatic heterocycles. The van der Waals surface area contributed by atoms with E-state index in [0.29, 0.717) is 18.3 Å². The van der Waals surface area contributed by atoms with Gasteiger partial charge in [-0.15, -0.1) is 11.3 Å². The Morgan fingerprint density at radius 3 is 2.75 bits per heavy atom. The lowest BCUT2D eigenvalue weighted by Gasteiger charge is -2.31. The molecule has 0 fully saturated rings. The summed E-state index contributed by atoms with van der Waals surface area (Å²) in [6, 6.07) is 9.09. The van der Waals surface area contributed by atoms with Gasteiger partial charge >= 0.3 is 0 Å². The Bertz CT molecular complexity index is 634. The quantitative estimate of drug-likeness (QED) is 0.889. The standard InChI is InChI=1S/C16H17FN2S/c1-10(2)15(14-4-3-7-20-14)19-9-11-5-6-12(17)8-13(11)16(19)18/h3-8,10,15,18H,9H2,1-2H3. The maximum absolute atomic E-state index is 13.4. The first-order valence-corrected chi connectivity index (χ1v) is 7.63. The summed E-state index contributed by atoms with van der Waals surface area (Å²) in [5.41, 5.74) is 1.77. The SMILES string of the molecule is CC(C)C(c1cccs1)N1Cc2ccc(F)cc2C1=N. The van der Waals surface area contributed by atoms with E-state index in [-0.39, 0.29) is 11.9 Å². The first-order valence-electron chi connectivity index (χ1n) is 6.75. The van der Waals surface area contributed by atoms with E-state index >= 15 is 0 Å². The van der Waals surface area contributed by atoms with Crippen molar-refractivity contribution in [3.05, 3.63) is 57.5 Å². The molecule has 0 bridgehead atoms. The fourth-order valence-corrected chi connectivity index (χ4v) is 3.87. The monoisotopic (exact) mass is 288 g/mol. The van der Waals surface area contributed by atoms with Crippen LogP contribution in [-0.4, -0.2) is 10.7 Å². The lowest BCUT2D eigenvalue weighted by molar-refractivity contribution is 0.257. The second-order valence-corrected chi connectivity index (χ2v) is 6.46. The van der Waals surface area contributed by atoms with Crippen molar-refractivity contribution in [2.45, 2.75) is 26.4 Å². The molecule has 3 rings (SSSR count). The molecular formula is C16H17FN2S. The number of hydrogen-bond donors (Lipinski definition) is 1. The molecule has 2 nitrogen and oxygen atoms in total. The van der Waals surface area contributed by atoms with Crippen molar-refractivity contribution in [2.75, 3.05) is 0 Å². The number of amidine groups is 1. The van der Waals surface area contributed by atoms with Gasteiger partial charge in [-0.05, 0) is 35.1 Å². The van der Waals surface area contributed by atoms with E-state index in [4.69, 9.17) is 5.41 Å². The highest BCUT2D eigenvalue weighted by Crippen LogP contribution is 2.37. The number of nitrogens with one attached hydrogen (secondary N) is 1. The van der Waals surface area contributed by atoms with Crippen LogP contribution in [0.3, 0.4) is 0 Å². The van der Waals surface area contributed by atoms with Crippen LogP contribution in [0.15, 0.2) is 35.7 Å². The van der Waals surface area contributed by atoms with E-state index in [1.807, 2.05) is 6.07 Å². The molecule has 0 amide bonds. The van der Waals surface area contributed by atoms with Gasteiger partial charge in [0.05, 0.1) is 6.04 Å².